The number of aryl methyl sites for hydroxylation is 1. The number of nitrogens with one attached hydrogen (secondary N) is 1. The van der Waals surface area contributed by atoms with Gasteiger partial charge in [-0.1, -0.05) is 60.6 Å². The molecule has 0 fully saturated rings. The minimum absolute atomic E-state index is 0.0915. The zero-order valence-corrected chi connectivity index (χ0v) is 17.5. The zero-order valence-electron chi connectivity index (χ0n) is 15.9. The number of thioether (sulfide) groups is 2. The normalized spacial score (nSPS) is 16.5. The van der Waals surface area contributed by atoms with Crippen LogP contribution in [0.2, 0.25) is 0 Å². The molecule has 1 amide bonds. The minimum atomic E-state index is 0.0915. The summed E-state index contributed by atoms with van der Waals surface area (Å²) in [6, 6.07) is 16.3. The van der Waals surface area contributed by atoms with E-state index in [2.05, 4.69) is 35.1 Å². The van der Waals surface area contributed by atoms with Crippen molar-refractivity contribution in [1.82, 2.24) is 15.2 Å². The molecule has 1 aliphatic heterocycles. The Labute approximate surface area is 173 Å². The van der Waals surface area contributed by atoms with Gasteiger partial charge in [0.2, 0.25) is 11.1 Å². The number of carbonyl (C=O) groups is 1. The van der Waals surface area contributed by atoms with Gasteiger partial charge in [0, 0.05) is 22.3 Å². The third kappa shape index (κ3) is 4.25. The van der Waals surface area contributed by atoms with Crippen LogP contribution < -0.4 is 4.90 Å². The molecule has 144 valence electrons. The van der Waals surface area contributed by atoms with Crippen molar-refractivity contribution in [2.24, 2.45) is 0 Å². The lowest BCUT2D eigenvalue weighted by Gasteiger charge is -2.22. The second-order valence-corrected chi connectivity index (χ2v) is 9.27. The van der Waals surface area contributed by atoms with E-state index in [1.807, 2.05) is 59.1 Å². The van der Waals surface area contributed by atoms with Crippen LogP contribution in [0.15, 0.2) is 58.6 Å². The van der Waals surface area contributed by atoms with Gasteiger partial charge in [-0.3, -0.25) is 9.89 Å². The number of para-hydroxylation sites is 1. The Morgan fingerprint density at radius 3 is 2.86 bits per heavy atom. The maximum atomic E-state index is 12.9. The highest BCUT2D eigenvalue weighted by Crippen LogP contribution is 2.37. The van der Waals surface area contributed by atoms with E-state index in [0.717, 1.165) is 30.0 Å². The quantitative estimate of drug-likeness (QED) is 0.627. The van der Waals surface area contributed by atoms with E-state index >= 15 is 0 Å². The topological polar surface area (TPSA) is 61.9 Å². The van der Waals surface area contributed by atoms with Gasteiger partial charge >= 0.3 is 0 Å². The second kappa shape index (κ2) is 8.41. The highest BCUT2D eigenvalue weighted by atomic mass is 32.2. The van der Waals surface area contributed by atoms with Crippen LogP contribution >= 0.6 is 23.5 Å². The lowest BCUT2D eigenvalue weighted by Crippen LogP contribution is -2.33. The first kappa shape index (κ1) is 19.1. The second-order valence-electron chi connectivity index (χ2n) is 6.85. The first-order valence-electron chi connectivity index (χ1n) is 9.28. The first-order chi connectivity index (χ1) is 13.6. The molecule has 0 unspecified atom stereocenters. The van der Waals surface area contributed by atoms with Gasteiger partial charge in [-0.05, 0) is 25.5 Å². The maximum Gasteiger partial charge on any atom is 0.237 e. The highest BCUT2D eigenvalue weighted by Gasteiger charge is 2.24. The van der Waals surface area contributed by atoms with Gasteiger partial charge in [-0.25, -0.2) is 4.98 Å². The lowest BCUT2D eigenvalue weighted by atomic mass is 10.1. The maximum absolute atomic E-state index is 12.9. The summed E-state index contributed by atoms with van der Waals surface area (Å²) in [6.45, 7) is 5.01. The van der Waals surface area contributed by atoms with Crippen molar-refractivity contribution in [3.05, 3.63) is 54.1 Å². The Morgan fingerprint density at radius 1 is 1.25 bits per heavy atom. The smallest absolute Gasteiger partial charge is 0.237 e. The summed E-state index contributed by atoms with van der Waals surface area (Å²) in [5.74, 6) is 1.13. The molecule has 0 bridgehead atoms. The van der Waals surface area contributed by atoms with Gasteiger partial charge in [0.1, 0.15) is 0 Å². The Morgan fingerprint density at radius 2 is 2.04 bits per heavy atom. The first-order valence-corrected chi connectivity index (χ1v) is 11.1. The molecule has 1 N–H and O–H groups in total. The third-order valence-electron chi connectivity index (χ3n) is 4.66. The number of H-pyrrole nitrogens is 1. The number of rotatable bonds is 4. The summed E-state index contributed by atoms with van der Waals surface area (Å²) >= 11 is 3.21. The van der Waals surface area contributed by atoms with Crippen molar-refractivity contribution in [2.45, 2.75) is 35.6 Å². The average Bonchev–Trinajstić information content (AvgIpc) is 3.10. The SMILES string of the molecule is Cc1ccc(-c2nc(SCC(=O)N3CC[C@@H](C)Sc4ccccc43)n[nH]2)cc1. The van der Waals surface area contributed by atoms with Gasteiger partial charge in [0.05, 0.1) is 11.4 Å². The van der Waals surface area contributed by atoms with E-state index < -0.39 is 0 Å². The van der Waals surface area contributed by atoms with Crippen LogP contribution in [0.25, 0.3) is 11.4 Å². The van der Waals surface area contributed by atoms with E-state index in [0.29, 0.717) is 16.2 Å². The predicted octanol–water partition coefficient (Wildman–Crippen LogP) is 4.79. The Kier molecular flexibility index (Phi) is 5.73. The summed E-state index contributed by atoms with van der Waals surface area (Å²) in [7, 11) is 0. The monoisotopic (exact) mass is 410 g/mol. The number of anilines is 1. The number of hydrogen-bond donors (Lipinski definition) is 1. The highest BCUT2D eigenvalue weighted by molar-refractivity contribution is 8.00. The van der Waals surface area contributed by atoms with Crippen LogP contribution in [0, 0.1) is 6.92 Å². The zero-order chi connectivity index (χ0) is 19.5. The van der Waals surface area contributed by atoms with E-state index in [4.69, 9.17) is 0 Å². The van der Waals surface area contributed by atoms with Crippen LogP contribution in [-0.4, -0.2) is 38.6 Å². The summed E-state index contributed by atoms with van der Waals surface area (Å²) in [5.41, 5.74) is 3.20. The Hall–Kier alpha value is -2.25. The van der Waals surface area contributed by atoms with Crippen LogP contribution in [0.4, 0.5) is 5.69 Å². The summed E-state index contributed by atoms with van der Waals surface area (Å²) < 4.78 is 0. The lowest BCUT2D eigenvalue weighted by molar-refractivity contribution is -0.116. The van der Waals surface area contributed by atoms with Crippen molar-refractivity contribution in [3.8, 4) is 11.4 Å². The molecule has 2 heterocycles. The molecule has 7 heteroatoms. The molecule has 0 spiro atoms. The fraction of sp³-hybridized carbons (Fsp3) is 0.286. The average molecular weight is 411 g/mol. The molecule has 1 atom stereocenters. The van der Waals surface area contributed by atoms with Crippen LogP contribution in [0.1, 0.15) is 18.9 Å². The molecule has 0 radical (unpaired) electrons. The van der Waals surface area contributed by atoms with Crippen molar-refractivity contribution >= 4 is 35.1 Å². The van der Waals surface area contributed by atoms with Crippen LogP contribution in [0.3, 0.4) is 0 Å². The van der Waals surface area contributed by atoms with Gasteiger partial charge in [0.15, 0.2) is 5.82 Å². The largest absolute Gasteiger partial charge is 0.311 e. The van der Waals surface area contributed by atoms with Crippen molar-refractivity contribution < 1.29 is 4.79 Å². The molecule has 2 aromatic carbocycles. The minimum Gasteiger partial charge on any atom is -0.311 e. The Balaban J connectivity index is 1.44. The number of aromatic amines is 1. The molecule has 0 saturated heterocycles. The van der Waals surface area contributed by atoms with Gasteiger partial charge < -0.3 is 4.90 Å². The van der Waals surface area contributed by atoms with E-state index in [9.17, 15) is 4.79 Å². The number of nitrogens with zero attached hydrogens (tertiary/aromatic N) is 3. The van der Waals surface area contributed by atoms with Crippen LogP contribution in [0.5, 0.6) is 0 Å². The molecule has 0 saturated carbocycles. The predicted molar refractivity (Wildman–Crippen MR) is 116 cm³/mol. The van der Waals surface area contributed by atoms with Gasteiger partial charge in [-0.2, -0.15) is 0 Å². The van der Waals surface area contributed by atoms with Gasteiger partial charge in [0.25, 0.3) is 0 Å². The third-order valence-corrected chi connectivity index (χ3v) is 6.73. The Bertz CT molecular complexity index is 971. The number of carbonyl (C=O) groups excluding carboxylic acids is 1. The molecular formula is C21H22N4OS2. The number of hydrogen-bond acceptors (Lipinski definition) is 5. The molecule has 1 aliphatic rings. The standard InChI is InChI=1S/C21H22N4OS2/c1-14-7-9-16(10-8-14)20-22-21(24-23-20)27-13-19(26)25-12-11-15(2)28-18-6-4-3-5-17(18)25/h3-10,15H,11-13H2,1-2H3,(H,22,23,24)/t15-/m1/s1. The number of aromatic nitrogens is 3. The van der Waals surface area contributed by atoms with E-state index in [1.165, 1.54) is 22.2 Å². The van der Waals surface area contributed by atoms with Crippen molar-refractivity contribution in [1.29, 1.82) is 0 Å². The van der Waals surface area contributed by atoms with E-state index in [-0.39, 0.29) is 5.91 Å². The molecule has 1 aromatic heterocycles. The van der Waals surface area contributed by atoms with Crippen molar-refractivity contribution in [2.75, 3.05) is 17.2 Å². The molecule has 5 nitrogen and oxygen atoms in total. The van der Waals surface area contributed by atoms with Crippen molar-refractivity contribution in [3.63, 3.8) is 0 Å². The summed E-state index contributed by atoms with van der Waals surface area (Å²) in [5, 5.41) is 8.31. The van der Waals surface area contributed by atoms with E-state index in [1.54, 1.807) is 0 Å². The fourth-order valence-electron chi connectivity index (χ4n) is 3.10. The number of amides is 1. The number of benzene rings is 2. The van der Waals surface area contributed by atoms with Crippen LogP contribution in [-0.2, 0) is 4.79 Å². The fourth-order valence-corrected chi connectivity index (χ4v) is 4.89. The molecule has 3 aromatic rings. The summed E-state index contributed by atoms with van der Waals surface area (Å²) in [6.07, 6.45) is 0.980. The number of fused-ring (bicyclic) bond motifs is 1. The molecule has 0 aliphatic carbocycles. The molecule has 4 rings (SSSR count). The van der Waals surface area contributed by atoms with Gasteiger partial charge in [-0.15, -0.1) is 16.9 Å². The molecular weight excluding hydrogens is 388 g/mol. The summed E-state index contributed by atoms with van der Waals surface area (Å²) in [4.78, 5) is 20.5. The molecule has 28 heavy (non-hydrogen) atoms.